The molecule has 1 saturated heterocycles. The van der Waals surface area contributed by atoms with Crippen LogP contribution in [0.25, 0.3) is 0 Å². The fourth-order valence-electron chi connectivity index (χ4n) is 3.81. The smallest absolute Gasteiger partial charge is 0.319 e. The molecule has 1 unspecified atom stereocenters. The molecule has 3 rings (SSSR count). The van der Waals surface area contributed by atoms with Crippen LogP contribution in [0.15, 0.2) is 60.7 Å². The van der Waals surface area contributed by atoms with Gasteiger partial charge in [-0.2, -0.15) is 0 Å². The molecule has 126 valence electrons. The van der Waals surface area contributed by atoms with Crippen LogP contribution in [0.3, 0.4) is 0 Å². The normalized spacial score (nSPS) is 18.5. The third-order valence-electron chi connectivity index (χ3n) is 4.91. The maximum atomic E-state index is 11.6. The summed E-state index contributed by atoms with van der Waals surface area (Å²) in [6, 6.07) is 21.5. The molecule has 0 N–H and O–H groups in total. The van der Waals surface area contributed by atoms with E-state index in [1.54, 1.807) is 0 Å². The molecule has 0 saturated carbocycles. The highest BCUT2D eigenvalue weighted by molar-refractivity contribution is 5.71. The van der Waals surface area contributed by atoms with Gasteiger partial charge >= 0.3 is 5.97 Å². The Balaban J connectivity index is 1.84. The van der Waals surface area contributed by atoms with Crippen molar-refractivity contribution in [1.29, 1.82) is 0 Å². The number of nitrogens with zero attached hydrogens (tertiary/aromatic N) is 1. The van der Waals surface area contributed by atoms with E-state index in [1.807, 2.05) is 0 Å². The summed E-state index contributed by atoms with van der Waals surface area (Å²) in [5.41, 5.74) is 2.71. The van der Waals surface area contributed by atoms with E-state index in [-0.39, 0.29) is 5.97 Å². The van der Waals surface area contributed by atoms with Crippen LogP contribution in [0.2, 0.25) is 0 Å². The number of benzene rings is 2. The summed E-state index contributed by atoms with van der Waals surface area (Å²) in [6.07, 6.45) is 2.31. The number of carbonyl (C=O) groups is 1. The van der Waals surface area contributed by atoms with Crippen molar-refractivity contribution in [3.8, 4) is 0 Å². The minimum absolute atomic E-state index is 0.147. The van der Waals surface area contributed by atoms with Crippen LogP contribution in [0.4, 0.5) is 0 Å². The van der Waals surface area contributed by atoms with Gasteiger partial charge in [0.2, 0.25) is 0 Å². The summed E-state index contributed by atoms with van der Waals surface area (Å²) in [5.74, 6) is 0.729. The Bertz CT molecular complexity index is 602. The number of methoxy groups -OCH3 is 1. The first-order chi connectivity index (χ1) is 11.8. The van der Waals surface area contributed by atoms with Crippen LogP contribution in [0, 0.1) is 5.92 Å². The van der Waals surface area contributed by atoms with Crippen molar-refractivity contribution in [2.45, 2.75) is 18.8 Å². The molecular weight excluding hydrogens is 298 g/mol. The molecule has 0 aromatic heterocycles. The van der Waals surface area contributed by atoms with Gasteiger partial charge in [-0.15, -0.1) is 0 Å². The van der Waals surface area contributed by atoms with Gasteiger partial charge in [-0.1, -0.05) is 60.7 Å². The van der Waals surface area contributed by atoms with Crippen LogP contribution in [-0.2, 0) is 9.53 Å². The van der Waals surface area contributed by atoms with Crippen molar-refractivity contribution in [2.24, 2.45) is 5.92 Å². The number of rotatable bonds is 5. The van der Waals surface area contributed by atoms with Gasteiger partial charge in [0.1, 0.15) is 0 Å². The Morgan fingerprint density at radius 2 is 1.67 bits per heavy atom. The van der Waals surface area contributed by atoms with Gasteiger partial charge < -0.3 is 4.74 Å². The lowest BCUT2D eigenvalue weighted by molar-refractivity contribution is -0.142. The lowest BCUT2D eigenvalue weighted by atomic mass is 9.77. The third-order valence-corrected chi connectivity index (χ3v) is 4.91. The second-order valence-electron chi connectivity index (χ2n) is 6.51. The van der Waals surface area contributed by atoms with Crippen molar-refractivity contribution in [3.05, 3.63) is 71.8 Å². The number of ether oxygens (including phenoxy) is 1. The number of hydrogen-bond donors (Lipinski definition) is 0. The van der Waals surface area contributed by atoms with Crippen LogP contribution >= 0.6 is 0 Å². The van der Waals surface area contributed by atoms with Gasteiger partial charge in [0, 0.05) is 12.5 Å². The number of carbonyl (C=O) groups excluding carboxylic acids is 1. The topological polar surface area (TPSA) is 29.5 Å². The van der Waals surface area contributed by atoms with E-state index >= 15 is 0 Å². The maximum Gasteiger partial charge on any atom is 0.319 e. The summed E-state index contributed by atoms with van der Waals surface area (Å²) < 4.78 is 4.84. The summed E-state index contributed by atoms with van der Waals surface area (Å²) in [5, 5.41) is 0. The minimum Gasteiger partial charge on any atom is -0.468 e. The standard InChI is InChI=1S/C21H25NO2/c1-24-20(23)16-22-14-8-13-19(15-22)21(17-9-4-2-5-10-17)18-11-6-3-7-12-18/h2-7,9-12,19,21H,8,13-16H2,1H3. The first-order valence-electron chi connectivity index (χ1n) is 8.67. The summed E-state index contributed by atoms with van der Waals surface area (Å²) in [6.45, 7) is 2.30. The van der Waals surface area contributed by atoms with E-state index in [9.17, 15) is 4.79 Å². The molecule has 3 heteroatoms. The Kier molecular flexibility index (Phi) is 5.65. The Hall–Kier alpha value is -2.13. The molecule has 2 aromatic rings. The lowest BCUT2D eigenvalue weighted by Gasteiger charge is -2.37. The van der Waals surface area contributed by atoms with Gasteiger partial charge in [-0.05, 0) is 36.4 Å². The van der Waals surface area contributed by atoms with Crippen LogP contribution in [0.1, 0.15) is 29.9 Å². The van der Waals surface area contributed by atoms with Crippen LogP contribution in [0.5, 0.6) is 0 Å². The highest BCUT2D eigenvalue weighted by Gasteiger charge is 2.30. The summed E-state index contributed by atoms with van der Waals surface area (Å²) >= 11 is 0. The van der Waals surface area contributed by atoms with Crippen LogP contribution in [-0.4, -0.2) is 37.6 Å². The zero-order valence-corrected chi connectivity index (χ0v) is 14.2. The maximum absolute atomic E-state index is 11.6. The van der Waals surface area contributed by atoms with Gasteiger partial charge in [-0.25, -0.2) is 0 Å². The zero-order chi connectivity index (χ0) is 16.8. The Morgan fingerprint density at radius 3 is 2.21 bits per heavy atom. The second-order valence-corrected chi connectivity index (χ2v) is 6.51. The largest absolute Gasteiger partial charge is 0.468 e. The van der Waals surface area contributed by atoms with Gasteiger partial charge in [-0.3, -0.25) is 9.69 Å². The molecule has 1 aliphatic rings. The number of likely N-dealkylation sites (tertiary alicyclic amines) is 1. The molecule has 0 radical (unpaired) electrons. The van der Waals surface area contributed by atoms with E-state index in [1.165, 1.54) is 24.7 Å². The molecule has 2 aromatic carbocycles. The number of esters is 1. The molecule has 0 spiro atoms. The van der Waals surface area contributed by atoms with E-state index in [0.717, 1.165) is 19.5 Å². The third kappa shape index (κ3) is 4.04. The lowest BCUT2D eigenvalue weighted by Crippen LogP contribution is -2.41. The second kappa shape index (κ2) is 8.11. The molecule has 1 aliphatic heterocycles. The molecule has 0 amide bonds. The molecule has 24 heavy (non-hydrogen) atoms. The molecule has 0 bridgehead atoms. The van der Waals surface area contributed by atoms with Gasteiger partial charge in [0.05, 0.1) is 13.7 Å². The van der Waals surface area contributed by atoms with E-state index < -0.39 is 0 Å². The summed E-state index contributed by atoms with van der Waals surface area (Å²) in [4.78, 5) is 13.9. The zero-order valence-electron chi connectivity index (χ0n) is 14.2. The van der Waals surface area contributed by atoms with Crippen molar-refractivity contribution >= 4 is 5.97 Å². The van der Waals surface area contributed by atoms with Gasteiger partial charge in [0.15, 0.2) is 0 Å². The van der Waals surface area contributed by atoms with Gasteiger partial charge in [0.25, 0.3) is 0 Å². The van der Waals surface area contributed by atoms with Crippen molar-refractivity contribution < 1.29 is 9.53 Å². The van der Waals surface area contributed by atoms with E-state index in [0.29, 0.717) is 18.4 Å². The average molecular weight is 323 g/mol. The summed E-state index contributed by atoms with van der Waals surface area (Å²) in [7, 11) is 1.46. The quantitative estimate of drug-likeness (QED) is 0.786. The highest BCUT2D eigenvalue weighted by Crippen LogP contribution is 2.36. The molecule has 1 heterocycles. The molecule has 1 atom stereocenters. The molecule has 1 fully saturated rings. The fourth-order valence-corrected chi connectivity index (χ4v) is 3.81. The Morgan fingerprint density at radius 1 is 1.08 bits per heavy atom. The van der Waals surface area contributed by atoms with E-state index in [2.05, 4.69) is 65.6 Å². The van der Waals surface area contributed by atoms with Crippen LogP contribution < -0.4 is 0 Å². The molecular formula is C21H25NO2. The Labute approximate surface area is 144 Å². The fraction of sp³-hybridized carbons (Fsp3) is 0.381. The SMILES string of the molecule is COC(=O)CN1CCCC(C(c2ccccc2)c2ccccc2)C1. The van der Waals surface area contributed by atoms with Crippen molar-refractivity contribution in [1.82, 2.24) is 4.90 Å². The predicted molar refractivity (Wildman–Crippen MR) is 95.9 cm³/mol. The van der Waals surface area contributed by atoms with Crippen molar-refractivity contribution in [2.75, 3.05) is 26.7 Å². The molecule has 0 aliphatic carbocycles. The number of hydrogen-bond acceptors (Lipinski definition) is 3. The molecule has 3 nitrogen and oxygen atoms in total. The van der Waals surface area contributed by atoms with Crippen molar-refractivity contribution in [3.63, 3.8) is 0 Å². The predicted octanol–water partition coefficient (Wildman–Crippen LogP) is 3.70. The highest BCUT2D eigenvalue weighted by atomic mass is 16.5. The monoisotopic (exact) mass is 323 g/mol. The first-order valence-corrected chi connectivity index (χ1v) is 8.67. The first kappa shape index (κ1) is 16.7. The number of piperidine rings is 1. The average Bonchev–Trinajstić information content (AvgIpc) is 2.64. The van der Waals surface area contributed by atoms with E-state index in [4.69, 9.17) is 4.74 Å². The minimum atomic E-state index is -0.147.